The molecule has 0 aliphatic heterocycles. The molecule has 1 heterocycles. The van der Waals surface area contributed by atoms with Gasteiger partial charge in [0.2, 0.25) is 0 Å². The van der Waals surface area contributed by atoms with Crippen LogP contribution in [0, 0.1) is 0 Å². The summed E-state index contributed by atoms with van der Waals surface area (Å²) in [6.45, 7) is 5.66. The largest absolute Gasteiger partial charge is 0.369 e. The van der Waals surface area contributed by atoms with E-state index in [0.29, 0.717) is 5.13 Å². The van der Waals surface area contributed by atoms with Gasteiger partial charge >= 0.3 is 0 Å². The molecule has 0 aromatic carbocycles. The van der Waals surface area contributed by atoms with E-state index in [-0.39, 0.29) is 24.7 Å². The van der Waals surface area contributed by atoms with E-state index in [1.807, 2.05) is 26.2 Å². The molecule has 1 unspecified atom stereocenters. The first-order valence-corrected chi connectivity index (χ1v) is 5.99. The molecule has 1 amide bonds. The van der Waals surface area contributed by atoms with Gasteiger partial charge in [0.1, 0.15) is 6.61 Å². The number of anilines is 1. The summed E-state index contributed by atoms with van der Waals surface area (Å²) in [5.74, 6) is -0.195. The second-order valence-corrected chi connectivity index (χ2v) is 4.63. The molecule has 0 saturated carbocycles. The molecular weight excluding hydrogens is 226 g/mol. The van der Waals surface area contributed by atoms with Crippen molar-refractivity contribution in [3.8, 4) is 0 Å². The third-order valence-corrected chi connectivity index (χ3v) is 2.56. The molecule has 1 aromatic rings. The molecule has 0 saturated heterocycles. The number of carbonyl (C=O) groups is 1. The van der Waals surface area contributed by atoms with Gasteiger partial charge in [0.25, 0.3) is 5.91 Å². The van der Waals surface area contributed by atoms with Crippen LogP contribution in [0.3, 0.4) is 0 Å². The summed E-state index contributed by atoms with van der Waals surface area (Å²) in [5, 5.41) is 5.06. The lowest BCUT2D eigenvalue weighted by Gasteiger charge is -2.06. The Balaban J connectivity index is 2.43. The zero-order chi connectivity index (χ0) is 12.1. The summed E-state index contributed by atoms with van der Waals surface area (Å²) < 4.78 is 5.17. The Labute approximate surface area is 99.0 Å². The molecule has 0 aliphatic rings. The average molecular weight is 243 g/mol. The first-order valence-electron chi connectivity index (χ1n) is 5.11. The van der Waals surface area contributed by atoms with E-state index in [1.54, 1.807) is 0 Å². The van der Waals surface area contributed by atoms with Gasteiger partial charge in [-0.3, -0.25) is 10.1 Å². The lowest BCUT2D eigenvalue weighted by Crippen LogP contribution is -2.20. The summed E-state index contributed by atoms with van der Waals surface area (Å²) in [5.41, 5.74) is 6.45. The lowest BCUT2D eigenvalue weighted by molar-refractivity contribution is -0.121. The summed E-state index contributed by atoms with van der Waals surface area (Å²) in [7, 11) is 0. The summed E-state index contributed by atoms with van der Waals surface area (Å²) in [6, 6.07) is -0.117. The van der Waals surface area contributed by atoms with Crippen LogP contribution in [-0.2, 0) is 9.53 Å². The highest BCUT2D eigenvalue weighted by molar-refractivity contribution is 7.13. The van der Waals surface area contributed by atoms with Gasteiger partial charge < -0.3 is 10.5 Å². The molecule has 5 nitrogen and oxygen atoms in total. The van der Waals surface area contributed by atoms with Gasteiger partial charge in [0.05, 0.1) is 11.8 Å². The van der Waals surface area contributed by atoms with Crippen molar-refractivity contribution in [2.45, 2.75) is 32.9 Å². The summed E-state index contributed by atoms with van der Waals surface area (Å²) >= 11 is 1.36. The number of ether oxygens (including phenoxy) is 1. The smallest absolute Gasteiger partial charge is 0.252 e. The maximum absolute atomic E-state index is 11.4. The average Bonchev–Trinajstić information content (AvgIpc) is 2.63. The molecule has 90 valence electrons. The van der Waals surface area contributed by atoms with Crippen LogP contribution in [0.5, 0.6) is 0 Å². The van der Waals surface area contributed by atoms with E-state index in [9.17, 15) is 4.79 Å². The molecule has 1 rings (SSSR count). The first kappa shape index (κ1) is 13.1. The normalized spacial score (nSPS) is 12.8. The van der Waals surface area contributed by atoms with Gasteiger partial charge in [-0.05, 0) is 20.8 Å². The fourth-order valence-electron chi connectivity index (χ4n) is 0.950. The number of thiazole rings is 1. The van der Waals surface area contributed by atoms with Crippen molar-refractivity contribution < 1.29 is 9.53 Å². The van der Waals surface area contributed by atoms with Crippen molar-refractivity contribution in [1.29, 1.82) is 0 Å². The number of rotatable bonds is 5. The Morgan fingerprint density at radius 1 is 1.62 bits per heavy atom. The van der Waals surface area contributed by atoms with E-state index in [2.05, 4.69) is 10.3 Å². The number of hydrogen-bond acceptors (Lipinski definition) is 5. The van der Waals surface area contributed by atoms with Crippen molar-refractivity contribution in [3.63, 3.8) is 0 Å². The van der Waals surface area contributed by atoms with E-state index < -0.39 is 0 Å². The molecular formula is C10H17N3O2S. The monoisotopic (exact) mass is 243 g/mol. The van der Waals surface area contributed by atoms with Crippen LogP contribution >= 0.6 is 11.3 Å². The maximum atomic E-state index is 11.4. The van der Waals surface area contributed by atoms with Crippen LogP contribution in [0.2, 0.25) is 0 Å². The van der Waals surface area contributed by atoms with Crippen LogP contribution < -0.4 is 11.1 Å². The minimum absolute atomic E-state index is 0.0432. The third-order valence-electron chi connectivity index (χ3n) is 1.78. The zero-order valence-corrected chi connectivity index (χ0v) is 10.5. The van der Waals surface area contributed by atoms with Crippen LogP contribution in [0.25, 0.3) is 0 Å². The Bertz CT molecular complexity index is 350. The fraction of sp³-hybridized carbons (Fsp3) is 0.600. The van der Waals surface area contributed by atoms with E-state index >= 15 is 0 Å². The molecule has 0 bridgehead atoms. The Morgan fingerprint density at radius 2 is 2.31 bits per heavy atom. The van der Waals surface area contributed by atoms with Gasteiger partial charge in [-0.15, -0.1) is 11.3 Å². The van der Waals surface area contributed by atoms with Gasteiger partial charge in [-0.25, -0.2) is 4.98 Å². The van der Waals surface area contributed by atoms with E-state index in [1.165, 1.54) is 11.3 Å². The van der Waals surface area contributed by atoms with Crippen LogP contribution in [0.4, 0.5) is 5.13 Å². The predicted octanol–water partition coefficient (Wildman–Crippen LogP) is 1.53. The number of nitrogens with two attached hydrogens (primary N) is 1. The fourth-order valence-corrected chi connectivity index (χ4v) is 1.78. The molecule has 0 spiro atoms. The van der Waals surface area contributed by atoms with Crippen molar-refractivity contribution in [2.75, 3.05) is 11.9 Å². The lowest BCUT2D eigenvalue weighted by atomic mass is 10.3. The number of carbonyl (C=O) groups excluding carboxylic acids is 1. The number of amides is 1. The zero-order valence-electron chi connectivity index (χ0n) is 9.69. The Kier molecular flexibility index (Phi) is 4.85. The Morgan fingerprint density at radius 3 is 2.81 bits per heavy atom. The first-order chi connectivity index (χ1) is 7.49. The van der Waals surface area contributed by atoms with Crippen molar-refractivity contribution in [2.24, 2.45) is 5.73 Å². The molecule has 1 aromatic heterocycles. The van der Waals surface area contributed by atoms with Crippen LogP contribution in [0.15, 0.2) is 5.38 Å². The van der Waals surface area contributed by atoms with Gasteiger partial charge in [0, 0.05) is 11.4 Å². The van der Waals surface area contributed by atoms with Crippen molar-refractivity contribution in [3.05, 3.63) is 11.1 Å². The highest BCUT2D eigenvalue weighted by Crippen LogP contribution is 2.18. The maximum Gasteiger partial charge on any atom is 0.252 e. The van der Waals surface area contributed by atoms with Crippen LogP contribution in [-0.4, -0.2) is 23.6 Å². The number of nitrogens with zero attached hydrogens (tertiary/aromatic N) is 1. The standard InChI is InChI=1S/C10H17N3O2S/c1-6(2)15-4-9(14)13-10-12-8(5-16-10)7(3)11/h5-7H,4,11H2,1-3H3,(H,12,13,14). The molecule has 16 heavy (non-hydrogen) atoms. The number of nitrogens with one attached hydrogen (secondary N) is 1. The third kappa shape index (κ3) is 4.26. The van der Waals surface area contributed by atoms with Crippen molar-refractivity contribution >= 4 is 22.4 Å². The highest BCUT2D eigenvalue weighted by atomic mass is 32.1. The van der Waals surface area contributed by atoms with Gasteiger partial charge in [-0.2, -0.15) is 0 Å². The molecule has 1 atom stereocenters. The highest BCUT2D eigenvalue weighted by Gasteiger charge is 2.09. The topological polar surface area (TPSA) is 77.2 Å². The predicted molar refractivity (Wildman–Crippen MR) is 64.4 cm³/mol. The quantitative estimate of drug-likeness (QED) is 0.822. The summed E-state index contributed by atoms with van der Waals surface area (Å²) in [4.78, 5) is 15.6. The summed E-state index contributed by atoms with van der Waals surface area (Å²) in [6.07, 6.45) is 0.0432. The second-order valence-electron chi connectivity index (χ2n) is 3.77. The minimum atomic E-state index is -0.195. The van der Waals surface area contributed by atoms with E-state index in [0.717, 1.165) is 5.69 Å². The Hall–Kier alpha value is -0.980. The second kappa shape index (κ2) is 5.93. The van der Waals surface area contributed by atoms with Crippen molar-refractivity contribution in [1.82, 2.24) is 4.98 Å². The molecule has 0 aliphatic carbocycles. The SMILES string of the molecule is CC(C)OCC(=O)Nc1nc(C(C)N)cs1. The van der Waals surface area contributed by atoms with Gasteiger partial charge in [-0.1, -0.05) is 0 Å². The minimum Gasteiger partial charge on any atom is -0.369 e. The molecule has 0 radical (unpaired) electrons. The molecule has 3 N–H and O–H groups in total. The molecule has 6 heteroatoms. The van der Waals surface area contributed by atoms with Crippen LogP contribution in [0.1, 0.15) is 32.5 Å². The van der Waals surface area contributed by atoms with E-state index in [4.69, 9.17) is 10.5 Å². The number of aromatic nitrogens is 1. The van der Waals surface area contributed by atoms with Gasteiger partial charge in [0.15, 0.2) is 5.13 Å². The molecule has 0 fully saturated rings. The number of hydrogen-bond donors (Lipinski definition) is 2.